The Morgan fingerprint density at radius 1 is 0.962 bits per heavy atom. The zero-order valence-corrected chi connectivity index (χ0v) is 16.8. The molecule has 0 spiro atoms. The van der Waals surface area contributed by atoms with Gasteiger partial charge in [-0.25, -0.2) is 21.6 Å². The van der Waals surface area contributed by atoms with E-state index in [0.29, 0.717) is 5.56 Å². The van der Waals surface area contributed by atoms with E-state index in [1.54, 1.807) is 25.1 Å². The molecule has 0 unspecified atom stereocenters. The molecule has 0 radical (unpaired) electrons. The molecule has 0 bridgehead atoms. The topological polar surface area (TPSA) is 83.6 Å². The van der Waals surface area contributed by atoms with Gasteiger partial charge in [-0.3, -0.25) is 0 Å². The number of rotatable bonds is 8. The third-order valence-corrected chi connectivity index (χ3v) is 6.81. The van der Waals surface area contributed by atoms with E-state index < -0.39 is 20.0 Å². The number of aryl methyl sites for hydroxylation is 2. The molecule has 0 amide bonds. The van der Waals surface area contributed by atoms with Gasteiger partial charge in [0.2, 0.25) is 20.0 Å². The van der Waals surface area contributed by atoms with Gasteiger partial charge in [0.05, 0.1) is 11.2 Å². The zero-order chi connectivity index (χ0) is 19.4. The summed E-state index contributed by atoms with van der Waals surface area (Å²) in [6.45, 7) is 3.88. The summed E-state index contributed by atoms with van der Waals surface area (Å²) in [7, 11) is -7.15. The van der Waals surface area contributed by atoms with Crippen molar-refractivity contribution in [2.24, 2.45) is 0 Å². The molecule has 1 N–H and O–H groups in total. The van der Waals surface area contributed by atoms with Crippen LogP contribution >= 0.6 is 0 Å². The van der Waals surface area contributed by atoms with Gasteiger partial charge in [0.1, 0.15) is 0 Å². The molecule has 0 saturated carbocycles. The standard InChI is InChI=1S/C18H24N2O4S2/c1-15-9-10-18(16(2)13-15)26(23,24)19-11-12-20(25(3,21)22)14-17-7-5-4-6-8-17/h4-10,13,19H,11-12,14H2,1-3H3. The highest BCUT2D eigenvalue weighted by Crippen LogP contribution is 2.16. The van der Waals surface area contributed by atoms with Crippen molar-refractivity contribution in [3.63, 3.8) is 0 Å². The van der Waals surface area contributed by atoms with Gasteiger partial charge < -0.3 is 0 Å². The van der Waals surface area contributed by atoms with Crippen molar-refractivity contribution in [2.75, 3.05) is 19.3 Å². The number of benzene rings is 2. The van der Waals surface area contributed by atoms with Crippen LogP contribution in [0.2, 0.25) is 0 Å². The van der Waals surface area contributed by atoms with Crippen LogP contribution < -0.4 is 4.72 Å². The lowest BCUT2D eigenvalue weighted by atomic mass is 10.2. The number of nitrogens with one attached hydrogen (secondary N) is 1. The van der Waals surface area contributed by atoms with Crippen LogP contribution in [0.3, 0.4) is 0 Å². The average molecular weight is 397 g/mol. The molecular formula is C18H24N2O4S2. The zero-order valence-electron chi connectivity index (χ0n) is 15.1. The molecule has 0 aromatic heterocycles. The Kier molecular flexibility index (Phi) is 6.57. The van der Waals surface area contributed by atoms with Crippen molar-refractivity contribution in [1.82, 2.24) is 9.03 Å². The van der Waals surface area contributed by atoms with Gasteiger partial charge in [-0.05, 0) is 31.0 Å². The van der Waals surface area contributed by atoms with Crippen molar-refractivity contribution in [3.05, 3.63) is 65.2 Å². The van der Waals surface area contributed by atoms with E-state index in [1.165, 1.54) is 4.31 Å². The fourth-order valence-electron chi connectivity index (χ4n) is 2.63. The monoisotopic (exact) mass is 396 g/mol. The summed E-state index contributed by atoms with van der Waals surface area (Å²) in [5.41, 5.74) is 2.48. The van der Waals surface area contributed by atoms with Gasteiger partial charge >= 0.3 is 0 Å². The SMILES string of the molecule is Cc1ccc(S(=O)(=O)NCCN(Cc2ccccc2)S(C)(=O)=O)c(C)c1. The second kappa shape index (κ2) is 8.30. The van der Waals surface area contributed by atoms with Gasteiger partial charge in [-0.15, -0.1) is 0 Å². The Labute approximate surface area is 156 Å². The first-order valence-electron chi connectivity index (χ1n) is 8.15. The maximum absolute atomic E-state index is 12.5. The first kappa shape index (κ1) is 20.6. The Morgan fingerprint density at radius 3 is 2.19 bits per heavy atom. The third-order valence-electron chi connectivity index (χ3n) is 3.94. The van der Waals surface area contributed by atoms with E-state index in [-0.39, 0.29) is 24.5 Å². The maximum Gasteiger partial charge on any atom is 0.240 e. The van der Waals surface area contributed by atoms with E-state index in [0.717, 1.165) is 17.4 Å². The van der Waals surface area contributed by atoms with Crippen molar-refractivity contribution in [2.45, 2.75) is 25.3 Å². The van der Waals surface area contributed by atoms with Crippen molar-refractivity contribution in [3.8, 4) is 0 Å². The molecule has 0 atom stereocenters. The Bertz CT molecular complexity index is 956. The van der Waals surface area contributed by atoms with Gasteiger partial charge in [-0.1, -0.05) is 48.0 Å². The van der Waals surface area contributed by atoms with Crippen LogP contribution in [0.25, 0.3) is 0 Å². The molecule has 0 fully saturated rings. The lowest BCUT2D eigenvalue weighted by molar-refractivity contribution is 0.412. The maximum atomic E-state index is 12.5. The van der Waals surface area contributed by atoms with Crippen molar-refractivity contribution < 1.29 is 16.8 Å². The van der Waals surface area contributed by atoms with Crippen LogP contribution in [0, 0.1) is 13.8 Å². The highest BCUT2D eigenvalue weighted by molar-refractivity contribution is 7.89. The lowest BCUT2D eigenvalue weighted by Crippen LogP contribution is -2.37. The molecule has 0 aliphatic carbocycles. The predicted molar refractivity (Wildman–Crippen MR) is 103 cm³/mol. The molecule has 0 saturated heterocycles. The van der Waals surface area contributed by atoms with E-state index in [2.05, 4.69) is 4.72 Å². The van der Waals surface area contributed by atoms with Crippen molar-refractivity contribution >= 4 is 20.0 Å². The van der Waals surface area contributed by atoms with Crippen LogP contribution in [0.5, 0.6) is 0 Å². The van der Waals surface area contributed by atoms with E-state index >= 15 is 0 Å². The molecule has 2 aromatic carbocycles. The molecule has 0 aliphatic heterocycles. The fourth-order valence-corrected chi connectivity index (χ4v) is 4.68. The largest absolute Gasteiger partial charge is 0.240 e. The highest BCUT2D eigenvalue weighted by Gasteiger charge is 2.20. The van der Waals surface area contributed by atoms with Crippen LogP contribution in [-0.4, -0.2) is 40.5 Å². The second-order valence-electron chi connectivity index (χ2n) is 6.25. The quantitative estimate of drug-likeness (QED) is 0.740. The Hall–Kier alpha value is -1.74. The number of sulfonamides is 2. The smallest absolute Gasteiger partial charge is 0.212 e. The van der Waals surface area contributed by atoms with Crippen LogP contribution in [0.15, 0.2) is 53.4 Å². The van der Waals surface area contributed by atoms with E-state index in [9.17, 15) is 16.8 Å². The summed E-state index contributed by atoms with van der Waals surface area (Å²) in [6.07, 6.45) is 1.12. The van der Waals surface area contributed by atoms with E-state index in [4.69, 9.17) is 0 Å². The minimum atomic E-state index is -3.69. The first-order chi connectivity index (χ1) is 12.1. The number of hydrogen-bond donors (Lipinski definition) is 1. The fraction of sp³-hybridized carbons (Fsp3) is 0.333. The molecular weight excluding hydrogens is 372 g/mol. The van der Waals surface area contributed by atoms with Crippen molar-refractivity contribution in [1.29, 1.82) is 0 Å². The summed E-state index contributed by atoms with van der Waals surface area (Å²) in [6, 6.07) is 14.3. The van der Waals surface area contributed by atoms with Crippen LogP contribution in [0.1, 0.15) is 16.7 Å². The molecule has 0 heterocycles. The molecule has 0 aliphatic rings. The Balaban J connectivity index is 2.07. The van der Waals surface area contributed by atoms with Gasteiger partial charge in [0.15, 0.2) is 0 Å². The summed E-state index contributed by atoms with van der Waals surface area (Å²) in [5.74, 6) is 0. The predicted octanol–water partition coefficient (Wildman–Crippen LogP) is 2.04. The minimum Gasteiger partial charge on any atom is -0.212 e. The summed E-state index contributed by atoms with van der Waals surface area (Å²) >= 11 is 0. The molecule has 2 rings (SSSR count). The van der Waals surface area contributed by atoms with E-state index in [1.807, 2.05) is 37.3 Å². The third kappa shape index (κ3) is 5.63. The van der Waals surface area contributed by atoms with Gasteiger partial charge in [0.25, 0.3) is 0 Å². The Morgan fingerprint density at radius 2 is 1.62 bits per heavy atom. The summed E-state index contributed by atoms with van der Waals surface area (Å²) in [4.78, 5) is 0.206. The first-order valence-corrected chi connectivity index (χ1v) is 11.5. The van der Waals surface area contributed by atoms with Crippen LogP contribution in [0.4, 0.5) is 0 Å². The summed E-state index contributed by atoms with van der Waals surface area (Å²) < 4.78 is 52.7. The molecule has 142 valence electrons. The molecule has 2 aromatic rings. The number of nitrogens with zero attached hydrogens (tertiary/aromatic N) is 1. The van der Waals surface area contributed by atoms with Gasteiger partial charge in [-0.2, -0.15) is 4.31 Å². The number of hydrogen-bond acceptors (Lipinski definition) is 4. The average Bonchev–Trinajstić information content (AvgIpc) is 2.53. The highest BCUT2D eigenvalue weighted by atomic mass is 32.2. The normalized spacial score (nSPS) is 12.5. The summed E-state index contributed by atoms with van der Waals surface area (Å²) in [5, 5.41) is 0. The lowest BCUT2D eigenvalue weighted by Gasteiger charge is -2.20. The molecule has 26 heavy (non-hydrogen) atoms. The minimum absolute atomic E-state index is 0.00441. The molecule has 8 heteroatoms. The van der Waals surface area contributed by atoms with Gasteiger partial charge in [0, 0.05) is 19.6 Å². The second-order valence-corrected chi connectivity index (χ2v) is 9.97. The van der Waals surface area contributed by atoms with Crippen LogP contribution in [-0.2, 0) is 26.6 Å². The molecule has 6 nitrogen and oxygen atoms in total.